The summed E-state index contributed by atoms with van der Waals surface area (Å²) in [5.41, 5.74) is 2.19. The summed E-state index contributed by atoms with van der Waals surface area (Å²) in [6, 6.07) is 12.4. The minimum Gasteiger partial charge on any atom is -0.319 e. The van der Waals surface area contributed by atoms with E-state index in [0.29, 0.717) is 18.3 Å². The van der Waals surface area contributed by atoms with Gasteiger partial charge in [-0.15, -0.1) is 11.3 Å². The summed E-state index contributed by atoms with van der Waals surface area (Å²) >= 11 is 1.79. The maximum atomic E-state index is 12.3. The number of nitrogens with one attached hydrogen (secondary N) is 1. The molecule has 1 N–H and O–H groups in total. The number of likely N-dealkylation sites (tertiary alicyclic amines) is 1. The van der Waals surface area contributed by atoms with Crippen molar-refractivity contribution in [2.45, 2.75) is 25.4 Å². The van der Waals surface area contributed by atoms with Crippen LogP contribution < -0.4 is 5.56 Å². The molecule has 1 fully saturated rings. The molecule has 1 aromatic carbocycles. The minimum atomic E-state index is -0.0736. The zero-order chi connectivity index (χ0) is 14.9. The number of nitrogens with zero attached hydrogens (tertiary/aromatic N) is 2. The summed E-state index contributed by atoms with van der Waals surface area (Å²) in [5, 5.41) is 2.12. The van der Waals surface area contributed by atoms with E-state index in [1.54, 1.807) is 11.3 Å². The number of benzene rings is 1. The highest BCUT2D eigenvalue weighted by molar-refractivity contribution is 7.10. The average molecular weight is 311 g/mol. The third kappa shape index (κ3) is 2.46. The second-order valence-electron chi connectivity index (χ2n) is 5.67. The fourth-order valence-electron chi connectivity index (χ4n) is 3.19. The molecule has 5 heteroatoms. The number of hydrogen-bond donors (Lipinski definition) is 1. The molecule has 112 valence electrons. The standard InChI is InChI=1S/C17H17N3OS/c21-17-14(18-12-5-1-2-6-13(12)19-17)11-20-9-3-7-15(20)16-8-4-10-22-16/h1-2,4-6,8,10,15H,3,7,9,11H2,(H,19,21)/t15-/m1/s1. The van der Waals surface area contributed by atoms with Gasteiger partial charge in [0.25, 0.3) is 5.56 Å². The van der Waals surface area contributed by atoms with Gasteiger partial charge >= 0.3 is 0 Å². The Balaban J connectivity index is 1.65. The van der Waals surface area contributed by atoms with Gasteiger partial charge in [-0.05, 0) is 43.0 Å². The lowest BCUT2D eigenvalue weighted by Gasteiger charge is -2.22. The molecule has 3 aromatic rings. The van der Waals surface area contributed by atoms with Crippen molar-refractivity contribution >= 4 is 22.4 Å². The van der Waals surface area contributed by atoms with E-state index in [1.807, 2.05) is 24.3 Å². The molecule has 1 aliphatic rings. The maximum absolute atomic E-state index is 12.3. The van der Waals surface area contributed by atoms with E-state index in [1.165, 1.54) is 11.3 Å². The first-order chi connectivity index (χ1) is 10.8. The van der Waals surface area contributed by atoms with Gasteiger partial charge in [0.15, 0.2) is 0 Å². The highest BCUT2D eigenvalue weighted by atomic mass is 32.1. The molecule has 0 spiro atoms. The first-order valence-corrected chi connectivity index (χ1v) is 8.44. The number of aromatic nitrogens is 2. The smallest absolute Gasteiger partial charge is 0.271 e. The van der Waals surface area contributed by atoms with Gasteiger partial charge in [-0.1, -0.05) is 18.2 Å². The average Bonchev–Trinajstić information content (AvgIpc) is 3.18. The van der Waals surface area contributed by atoms with Crippen LogP contribution in [-0.4, -0.2) is 21.4 Å². The van der Waals surface area contributed by atoms with Gasteiger partial charge in [-0.2, -0.15) is 0 Å². The van der Waals surface area contributed by atoms with Crippen LogP contribution in [0.3, 0.4) is 0 Å². The fourth-order valence-corrected chi connectivity index (χ4v) is 4.08. The summed E-state index contributed by atoms with van der Waals surface area (Å²) < 4.78 is 0. The van der Waals surface area contributed by atoms with E-state index in [9.17, 15) is 4.79 Å². The highest BCUT2D eigenvalue weighted by Gasteiger charge is 2.27. The van der Waals surface area contributed by atoms with Crippen LogP contribution in [0.4, 0.5) is 0 Å². The SMILES string of the molecule is O=c1[nH]c2ccccc2nc1CN1CCC[C@@H]1c1cccs1. The van der Waals surface area contributed by atoms with Crippen LogP contribution in [0.15, 0.2) is 46.6 Å². The van der Waals surface area contributed by atoms with Gasteiger partial charge in [-0.3, -0.25) is 9.69 Å². The van der Waals surface area contributed by atoms with Gasteiger partial charge in [-0.25, -0.2) is 4.98 Å². The number of thiophene rings is 1. The molecule has 0 bridgehead atoms. The quantitative estimate of drug-likeness (QED) is 0.807. The lowest BCUT2D eigenvalue weighted by Crippen LogP contribution is -2.27. The lowest BCUT2D eigenvalue weighted by atomic mass is 10.2. The number of rotatable bonds is 3. The zero-order valence-corrected chi connectivity index (χ0v) is 13.0. The molecule has 22 heavy (non-hydrogen) atoms. The Morgan fingerprint density at radius 1 is 1.27 bits per heavy atom. The molecular weight excluding hydrogens is 294 g/mol. The number of fused-ring (bicyclic) bond motifs is 1. The van der Waals surface area contributed by atoms with Crippen LogP contribution in [0.1, 0.15) is 29.5 Å². The summed E-state index contributed by atoms with van der Waals surface area (Å²) in [6.45, 7) is 1.64. The molecule has 3 heterocycles. The molecule has 4 nitrogen and oxygen atoms in total. The predicted molar refractivity (Wildman–Crippen MR) is 89.1 cm³/mol. The van der Waals surface area contributed by atoms with Crippen molar-refractivity contribution in [3.05, 3.63) is 62.7 Å². The third-order valence-corrected chi connectivity index (χ3v) is 5.23. The molecule has 1 atom stereocenters. The summed E-state index contributed by atoms with van der Waals surface area (Å²) in [5.74, 6) is 0. The number of aromatic amines is 1. The van der Waals surface area contributed by atoms with Gasteiger partial charge < -0.3 is 4.98 Å². The number of hydrogen-bond acceptors (Lipinski definition) is 4. The number of para-hydroxylation sites is 2. The Labute approximate surface area is 132 Å². The zero-order valence-electron chi connectivity index (χ0n) is 12.2. The molecule has 0 aliphatic carbocycles. The van der Waals surface area contributed by atoms with E-state index < -0.39 is 0 Å². The van der Waals surface area contributed by atoms with Crippen LogP contribution in [-0.2, 0) is 6.54 Å². The topological polar surface area (TPSA) is 49.0 Å². The van der Waals surface area contributed by atoms with Crippen molar-refractivity contribution in [2.24, 2.45) is 0 Å². The van der Waals surface area contributed by atoms with Crippen molar-refractivity contribution in [3.8, 4) is 0 Å². The monoisotopic (exact) mass is 311 g/mol. The van der Waals surface area contributed by atoms with E-state index in [2.05, 4.69) is 32.4 Å². The van der Waals surface area contributed by atoms with E-state index >= 15 is 0 Å². The second kappa shape index (κ2) is 5.66. The van der Waals surface area contributed by atoms with Crippen LogP contribution >= 0.6 is 11.3 Å². The molecule has 4 rings (SSSR count). The second-order valence-corrected chi connectivity index (χ2v) is 6.65. The van der Waals surface area contributed by atoms with Crippen molar-refractivity contribution < 1.29 is 0 Å². The lowest BCUT2D eigenvalue weighted by molar-refractivity contribution is 0.248. The largest absolute Gasteiger partial charge is 0.319 e. The van der Waals surface area contributed by atoms with Gasteiger partial charge in [0, 0.05) is 17.5 Å². The summed E-state index contributed by atoms with van der Waals surface area (Å²) in [7, 11) is 0. The van der Waals surface area contributed by atoms with E-state index in [-0.39, 0.29) is 5.56 Å². The Hall–Kier alpha value is -1.98. The predicted octanol–water partition coefficient (Wildman–Crippen LogP) is 3.32. The van der Waals surface area contributed by atoms with Crippen LogP contribution in [0.25, 0.3) is 11.0 Å². The molecule has 1 aliphatic heterocycles. The maximum Gasteiger partial charge on any atom is 0.271 e. The molecule has 2 aromatic heterocycles. The van der Waals surface area contributed by atoms with Crippen LogP contribution in [0.2, 0.25) is 0 Å². The minimum absolute atomic E-state index is 0.0736. The highest BCUT2D eigenvalue weighted by Crippen LogP contribution is 2.34. The van der Waals surface area contributed by atoms with Crippen molar-refractivity contribution in [3.63, 3.8) is 0 Å². The van der Waals surface area contributed by atoms with Gasteiger partial charge in [0.1, 0.15) is 5.69 Å². The first kappa shape index (κ1) is 13.7. The molecule has 0 radical (unpaired) electrons. The fraction of sp³-hybridized carbons (Fsp3) is 0.294. The molecule has 1 saturated heterocycles. The Bertz CT molecular complexity index is 840. The summed E-state index contributed by atoms with van der Waals surface area (Å²) in [4.78, 5) is 23.5. The number of H-pyrrole nitrogens is 1. The normalized spacial score (nSPS) is 19.0. The Kier molecular flexibility index (Phi) is 3.52. The van der Waals surface area contributed by atoms with Crippen molar-refractivity contribution in [2.75, 3.05) is 6.54 Å². The van der Waals surface area contributed by atoms with Crippen molar-refractivity contribution in [1.82, 2.24) is 14.9 Å². The Morgan fingerprint density at radius 3 is 3.05 bits per heavy atom. The third-order valence-electron chi connectivity index (χ3n) is 4.26. The van der Waals surface area contributed by atoms with Gasteiger partial charge in [0.2, 0.25) is 0 Å². The van der Waals surface area contributed by atoms with Crippen LogP contribution in [0.5, 0.6) is 0 Å². The molecular formula is C17H17N3OS. The molecule has 0 saturated carbocycles. The first-order valence-electron chi connectivity index (χ1n) is 7.56. The van der Waals surface area contributed by atoms with E-state index in [0.717, 1.165) is 24.0 Å². The van der Waals surface area contributed by atoms with Crippen LogP contribution in [0, 0.1) is 0 Å². The molecule has 0 amide bonds. The summed E-state index contributed by atoms with van der Waals surface area (Å²) in [6.07, 6.45) is 2.33. The molecule has 0 unspecified atom stereocenters. The van der Waals surface area contributed by atoms with Crippen molar-refractivity contribution in [1.29, 1.82) is 0 Å². The van der Waals surface area contributed by atoms with E-state index in [4.69, 9.17) is 0 Å². The Morgan fingerprint density at radius 2 is 2.18 bits per heavy atom. The van der Waals surface area contributed by atoms with Gasteiger partial charge in [0.05, 0.1) is 11.0 Å².